The molecule has 0 saturated carbocycles. The average Bonchev–Trinajstić information content (AvgIpc) is 2.61. The number of aromatic nitrogens is 2. The van der Waals surface area contributed by atoms with Crippen molar-refractivity contribution in [1.29, 1.82) is 0 Å². The van der Waals surface area contributed by atoms with E-state index < -0.39 is 6.09 Å². The summed E-state index contributed by atoms with van der Waals surface area (Å²) in [5, 5.41) is 7.16. The molecule has 0 spiro atoms. The summed E-state index contributed by atoms with van der Waals surface area (Å²) in [6.07, 6.45) is 0.975. The first-order valence-electron chi connectivity index (χ1n) is 7.86. The van der Waals surface area contributed by atoms with Crippen molar-refractivity contribution in [1.82, 2.24) is 9.97 Å². The summed E-state index contributed by atoms with van der Waals surface area (Å²) in [7, 11) is 1.29. The van der Waals surface area contributed by atoms with Crippen LogP contribution in [-0.2, 0) is 4.74 Å². The minimum atomic E-state index is -0.571. The predicted octanol–water partition coefficient (Wildman–Crippen LogP) is 3.93. The molecule has 0 fully saturated rings. The van der Waals surface area contributed by atoms with Crippen LogP contribution in [0.3, 0.4) is 0 Å². The minimum Gasteiger partial charge on any atom is -0.453 e. The number of methoxy groups -OCH3 is 1. The number of nitrogens with one attached hydrogen (secondary N) is 3. The topological polar surface area (TPSA) is 96.1 Å². The van der Waals surface area contributed by atoms with E-state index in [1.807, 2.05) is 6.92 Å². The number of fused-ring (bicyclic) bond motifs is 1. The monoisotopic (exact) mass is 372 g/mol. The van der Waals surface area contributed by atoms with Gasteiger partial charge >= 0.3 is 6.09 Å². The van der Waals surface area contributed by atoms with E-state index in [9.17, 15) is 9.59 Å². The molecule has 1 unspecified atom stereocenters. The van der Waals surface area contributed by atoms with Crippen LogP contribution < -0.4 is 16.2 Å². The van der Waals surface area contributed by atoms with Gasteiger partial charge in [0.15, 0.2) is 0 Å². The van der Waals surface area contributed by atoms with Gasteiger partial charge in [0.25, 0.3) is 5.56 Å². The van der Waals surface area contributed by atoms with Crippen molar-refractivity contribution in [3.63, 3.8) is 0 Å². The summed E-state index contributed by atoms with van der Waals surface area (Å²) in [4.78, 5) is 30.7. The van der Waals surface area contributed by atoms with Gasteiger partial charge in [-0.1, -0.05) is 11.6 Å². The fraction of sp³-hybridized carbons (Fsp3) is 0.167. The Labute approximate surface area is 154 Å². The lowest BCUT2D eigenvalue weighted by Crippen LogP contribution is -2.20. The Balaban J connectivity index is 1.86. The zero-order valence-corrected chi connectivity index (χ0v) is 14.9. The van der Waals surface area contributed by atoms with Gasteiger partial charge in [-0.3, -0.25) is 10.1 Å². The number of halogens is 1. The minimum absolute atomic E-state index is 0.191. The Morgan fingerprint density at radius 2 is 2.08 bits per heavy atom. The van der Waals surface area contributed by atoms with Crippen molar-refractivity contribution in [2.24, 2.45) is 0 Å². The molecule has 3 aromatic rings. The quantitative estimate of drug-likeness (QED) is 0.644. The molecular weight excluding hydrogens is 356 g/mol. The Morgan fingerprint density at radius 3 is 2.85 bits per heavy atom. The number of H-pyrrole nitrogens is 1. The molecule has 1 atom stereocenters. The van der Waals surface area contributed by atoms with Crippen molar-refractivity contribution < 1.29 is 9.53 Å². The summed E-state index contributed by atoms with van der Waals surface area (Å²) in [6, 6.07) is 10.1. The first-order chi connectivity index (χ1) is 12.5. The van der Waals surface area contributed by atoms with E-state index in [4.69, 9.17) is 11.6 Å². The van der Waals surface area contributed by atoms with Crippen LogP contribution in [0.1, 0.15) is 18.5 Å². The maximum atomic E-state index is 12.4. The second-order valence-electron chi connectivity index (χ2n) is 5.70. The Bertz CT molecular complexity index is 1020. The van der Waals surface area contributed by atoms with Gasteiger partial charge in [0, 0.05) is 39.4 Å². The second-order valence-corrected chi connectivity index (χ2v) is 6.13. The van der Waals surface area contributed by atoms with Gasteiger partial charge in [0.05, 0.1) is 13.2 Å². The summed E-state index contributed by atoms with van der Waals surface area (Å²) >= 11 is 6.03. The maximum Gasteiger partial charge on any atom is 0.411 e. The largest absolute Gasteiger partial charge is 0.453 e. The van der Waals surface area contributed by atoms with Crippen LogP contribution in [0.4, 0.5) is 16.3 Å². The van der Waals surface area contributed by atoms with Crippen molar-refractivity contribution in [2.45, 2.75) is 13.0 Å². The summed E-state index contributed by atoms with van der Waals surface area (Å²) in [5.41, 5.74) is 1.61. The van der Waals surface area contributed by atoms with Gasteiger partial charge < -0.3 is 15.0 Å². The number of anilines is 2. The second kappa shape index (κ2) is 7.45. The molecule has 3 N–H and O–H groups in total. The summed E-state index contributed by atoms with van der Waals surface area (Å²) in [5.74, 6) is 0.511. The van der Waals surface area contributed by atoms with E-state index in [1.54, 1.807) is 42.6 Å². The van der Waals surface area contributed by atoms with Crippen LogP contribution >= 0.6 is 11.6 Å². The molecule has 0 aliphatic carbocycles. The van der Waals surface area contributed by atoms with Crippen LogP contribution in [0.15, 0.2) is 47.4 Å². The molecule has 26 heavy (non-hydrogen) atoms. The molecule has 0 bridgehead atoms. The standard InChI is InChI=1S/C18H17ClN4O3/c1-10(21-16-9-13(5-6-20-16)22-18(25)26-2)14-8-11-7-12(19)3-4-15(11)23-17(14)24/h3-10H,1-2H3,(H,23,24)(H2,20,21,22,25). The van der Waals surface area contributed by atoms with Crippen LogP contribution in [0.5, 0.6) is 0 Å². The number of ether oxygens (including phenoxy) is 1. The molecule has 1 amide bonds. The fourth-order valence-electron chi connectivity index (χ4n) is 2.57. The van der Waals surface area contributed by atoms with E-state index in [-0.39, 0.29) is 11.6 Å². The molecule has 0 radical (unpaired) electrons. The molecule has 3 rings (SSSR count). The highest BCUT2D eigenvalue weighted by molar-refractivity contribution is 6.31. The van der Waals surface area contributed by atoms with Crippen LogP contribution in [0.2, 0.25) is 5.02 Å². The van der Waals surface area contributed by atoms with Crippen LogP contribution in [0.25, 0.3) is 10.9 Å². The summed E-state index contributed by atoms with van der Waals surface area (Å²) < 4.78 is 4.56. The summed E-state index contributed by atoms with van der Waals surface area (Å²) in [6.45, 7) is 1.85. The molecule has 2 heterocycles. The van der Waals surface area contributed by atoms with Crippen LogP contribution in [0, 0.1) is 0 Å². The molecule has 1 aromatic carbocycles. The highest BCUT2D eigenvalue weighted by Gasteiger charge is 2.12. The smallest absolute Gasteiger partial charge is 0.411 e. The van der Waals surface area contributed by atoms with E-state index >= 15 is 0 Å². The first kappa shape index (κ1) is 17.8. The third-order valence-electron chi connectivity index (χ3n) is 3.86. The third-order valence-corrected chi connectivity index (χ3v) is 4.09. The number of rotatable bonds is 4. The maximum absolute atomic E-state index is 12.4. The average molecular weight is 373 g/mol. The third kappa shape index (κ3) is 3.94. The Hall–Kier alpha value is -3.06. The lowest BCUT2D eigenvalue weighted by atomic mass is 10.1. The lowest BCUT2D eigenvalue weighted by molar-refractivity contribution is 0.187. The van der Waals surface area contributed by atoms with Crippen molar-refractivity contribution in [3.05, 3.63) is 63.5 Å². The Kier molecular flexibility index (Phi) is 5.09. The van der Waals surface area contributed by atoms with Gasteiger partial charge in [-0.2, -0.15) is 0 Å². The number of amides is 1. The number of hydrogen-bond acceptors (Lipinski definition) is 5. The number of pyridine rings is 2. The van der Waals surface area contributed by atoms with E-state index in [1.165, 1.54) is 7.11 Å². The van der Waals surface area contributed by atoms with Gasteiger partial charge in [0.2, 0.25) is 0 Å². The van der Waals surface area contributed by atoms with Crippen molar-refractivity contribution in [2.75, 3.05) is 17.7 Å². The molecule has 134 valence electrons. The highest BCUT2D eigenvalue weighted by Crippen LogP contribution is 2.22. The Morgan fingerprint density at radius 1 is 1.27 bits per heavy atom. The van der Waals surface area contributed by atoms with Gasteiger partial charge in [-0.15, -0.1) is 0 Å². The molecule has 0 saturated heterocycles. The van der Waals surface area contributed by atoms with Crippen molar-refractivity contribution in [3.8, 4) is 0 Å². The molecular formula is C18H17ClN4O3. The fourth-order valence-corrected chi connectivity index (χ4v) is 2.75. The zero-order chi connectivity index (χ0) is 18.7. The van der Waals surface area contributed by atoms with E-state index in [0.29, 0.717) is 22.1 Å². The lowest BCUT2D eigenvalue weighted by Gasteiger charge is -2.15. The molecule has 0 aliphatic rings. The highest BCUT2D eigenvalue weighted by atomic mass is 35.5. The molecule has 0 aliphatic heterocycles. The number of nitrogens with zero attached hydrogens (tertiary/aromatic N) is 1. The van der Waals surface area contributed by atoms with Crippen LogP contribution in [-0.4, -0.2) is 23.2 Å². The first-order valence-corrected chi connectivity index (χ1v) is 8.24. The molecule has 8 heteroatoms. The SMILES string of the molecule is COC(=O)Nc1ccnc(NC(C)c2cc3cc(Cl)ccc3[nH]c2=O)c1. The number of carbonyl (C=O) groups is 1. The van der Waals surface area contributed by atoms with Gasteiger partial charge in [-0.25, -0.2) is 9.78 Å². The number of benzene rings is 1. The zero-order valence-electron chi connectivity index (χ0n) is 14.2. The number of hydrogen-bond donors (Lipinski definition) is 3. The molecule has 7 nitrogen and oxygen atoms in total. The number of carbonyl (C=O) groups excluding carboxylic acids is 1. The van der Waals surface area contributed by atoms with Gasteiger partial charge in [-0.05, 0) is 37.3 Å². The van der Waals surface area contributed by atoms with Gasteiger partial charge in [0.1, 0.15) is 5.82 Å². The van der Waals surface area contributed by atoms with E-state index in [2.05, 4.69) is 25.3 Å². The predicted molar refractivity (Wildman–Crippen MR) is 102 cm³/mol. The van der Waals surface area contributed by atoms with E-state index in [0.717, 1.165) is 10.9 Å². The van der Waals surface area contributed by atoms with Crippen molar-refractivity contribution >= 4 is 40.1 Å². The number of aromatic amines is 1. The molecule has 2 aromatic heterocycles. The normalized spacial score (nSPS) is 11.8.